The normalized spacial score (nSPS) is 24.8. The zero-order valence-electron chi connectivity index (χ0n) is 13.9. The first-order chi connectivity index (χ1) is 11.4. The van der Waals surface area contributed by atoms with Crippen LogP contribution in [0.5, 0.6) is 0 Å². The molecule has 128 valence electrons. The zero-order valence-corrected chi connectivity index (χ0v) is 13.9. The van der Waals surface area contributed by atoms with E-state index in [0.29, 0.717) is 0 Å². The fraction of sp³-hybridized carbons (Fsp3) is 0.938. The van der Waals surface area contributed by atoms with Crippen molar-refractivity contribution in [3.05, 3.63) is 0 Å². The molecule has 0 spiro atoms. The molecule has 1 aromatic rings. The first kappa shape index (κ1) is 15.3. The second-order valence-electron chi connectivity index (χ2n) is 7.30. The highest BCUT2D eigenvalue weighted by Crippen LogP contribution is 2.29. The van der Waals surface area contributed by atoms with Crippen LogP contribution < -0.4 is 4.90 Å². The molecule has 3 aliphatic rings. The topological polar surface area (TPSA) is 59.3 Å². The van der Waals surface area contributed by atoms with Crippen molar-refractivity contribution in [2.75, 3.05) is 50.8 Å². The van der Waals surface area contributed by atoms with Crippen molar-refractivity contribution in [2.24, 2.45) is 11.8 Å². The molecule has 2 saturated heterocycles. The van der Waals surface area contributed by atoms with Gasteiger partial charge in [-0.05, 0) is 47.9 Å². The average Bonchev–Trinajstić information content (AvgIpc) is 3.01. The molecule has 0 atom stereocenters. The van der Waals surface area contributed by atoms with Crippen LogP contribution in [0.1, 0.15) is 32.1 Å². The van der Waals surface area contributed by atoms with Gasteiger partial charge in [0.05, 0.1) is 13.2 Å². The second kappa shape index (κ2) is 7.13. The molecule has 1 saturated carbocycles. The lowest BCUT2D eigenvalue weighted by Gasteiger charge is -2.36. The van der Waals surface area contributed by atoms with Crippen molar-refractivity contribution in [1.29, 1.82) is 0 Å². The summed E-state index contributed by atoms with van der Waals surface area (Å²) in [7, 11) is 0. The van der Waals surface area contributed by atoms with Crippen LogP contribution in [0.3, 0.4) is 0 Å². The molecule has 3 heterocycles. The van der Waals surface area contributed by atoms with E-state index in [-0.39, 0.29) is 0 Å². The van der Waals surface area contributed by atoms with Gasteiger partial charge in [-0.25, -0.2) is 4.68 Å². The van der Waals surface area contributed by atoms with E-state index in [1.54, 1.807) is 0 Å². The molecule has 0 bridgehead atoms. The first-order valence-corrected chi connectivity index (χ1v) is 9.20. The van der Waals surface area contributed by atoms with Crippen molar-refractivity contribution < 1.29 is 4.74 Å². The molecule has 7 heteroatoms. The van der Waals surface area contributed by atoms with Crippen LogP contribution in [0.4, 0.5) is 5.95 Å². The monoisotopic (exact) mass is 320 g/mol. The molecular formula is C16H28N6O. The summed E-state index contributed by atoms with van der Waals surface area (Å²) in [5.74, 6) is 2.58. The van der Waals surface area contributed by atoms with Gasteiger partial charge in [-0.1, -0.05) is 11.5 Å². The van der Waals surface area contributed by atoms with E-state index in [1.165, 1.54) is 38.6 Å². The minimum atomic E-state index is 0.788. The Morgan fingerprint density at radius 1 is 0.913 bits per heavy atom. The first-order valence-electron chi connectivity index (χ1n) is 9.20. The summed E-state index contributed by atoms with van der Waals surface area (Å²) in [6.45, 7) is 8.38. The van der Waals surface area contributed by atoms with Crippen LogP contribution in [0.2, 0.25) is 0 Å². The summed E-state index contributed by atoms with van der Waals surface area (Å²) in [6.07, 6.45) is 6.53. The number of anilines is 1. The van der Waals surface area contributed by atoms with E-state index < -0.39 is 0 Å². The Morgan fingerprint density at radius 2 is 1.65 bits per heavy atom. The fourth-order valence-electron chi connectivity index (χ4n) is 3.93. The van der Waals surface area contributed by atoms with Crippen LogP contribution in [0.25, 0.3) is 0 Å². The van der Waals surface area contributed by atoms with Gasteiger partial charge in [0.1, 0.15) is 0 Å². The summed E-state index contributed by atoms with van der Waals surface area (Å²) < 4.78 is 7.47. The van der Waals surface area contributed by atoms with Crippen LogP contribution in [0.15, 0.2) is 0 Å². The molecule has 0 amide bonds. The summed E-state index contributed by atoms with van der Waals surface area (Å²) in [5.41, 5.74) is 0. The van der Waals surface area contributed by atoms with Gasteiger partial charge in [0.15, 0.2) is 0 Å². The largest absolute Gasteiger partial charge is 0.379 e. The molecule has 0 radical (unpaired) electrons. The average molecular weight is 320 g/mol. The smallest absolute Gasteiger partial charge is 0.245 e. The van der Waals surface area contributed by atoms with Crippen molar-refractivity contribution >= 4 is 5.95 Å². The summed E-state index contributed by atoms with van der Waals surface area (Å²) in [5, 5.41) is 12.4. The third kappa shape index (κ3) is 3.66. The van der Waals surface area contributed by atoms with Crippen molar-refractivity contribution in [3.8, 4) is 0 Å². The van der Waals surface area contributed by atoms with Gasteiger partial charge in [0.2, 0.25) is 5.95 Å². The lowest BCUT2D eigenvalue weighted by Crippen LogP contribution is -2.43. The highest BCUT2D eigenvalue weighted by molar-refractivity contribution is 5.28. The van der Waals surface area contributed by atoms with E-state index in [9.17, 15) is 0 Å². The molecule has 4 rings (SSSR count). The molecule has 1 aliphatic carbocycles. The van der Waals surface area contributed by atoms with E-state index in [0.717, 1.165) is 63.7 Å². The van der Waals surface area contributed by atoms with Gasteiger partial charge in [0.25, 0.3) is 0 Å². The van der Waals surface area contributed by atoms with Crippen LogP contribution in [-0.4, -0.2) is 71.0 Å². The lowest BCUT2D eigenvalue weighted by atomic mass is 9.85. The molecule has 0 aromatic carbocycles. The summed E-state index contributed by atoms with van der Waals surface area (Å²) in [6, 6.07) is 0. The molecule has 3 fully saturated rings. The maximum atomic E-state index is 5.44. The van der Waals surface area contributed by atoms with Gasteiger partial charge in [-0.2, -0.15) is 0 Å². The van der Waals surface area contributed by atoms with E-state index in [4.69, 9.17) is 4.74 Å². The predicted molar refractivity (Wildman–Crippen MR) is 87.4 cm³/mol. The molecule has 7 nitrogen and oxygen atoms in total. The SMILES string of the molecule is C1CC(Cn2nnnc2N2CCC(CN3CCOCC3)CC2)C1. The number of hydrogen-bond acceptors (Lipinski definition) is 6. The Hall–Kier alpha value is -1.21. The molecule has 23 heavy (non-hydrogen) atoms. The van der Waals surface area contributed by atoms with E-state index in [1.807, 2.05) is 4.68 Å². The van der Waals surface area contributed by atoms with Crippen LogP contribution in [-0.2, 0) is 11.3 Å². The van der Waals surface area contributed by atoms with E-state index in [2.05, 4.69) is 25.3 Å². The van der Waals surface area contributed by atoms with Gasteiger partial charge < -0.3 is 9.64 Å². The van der Waals surface area contributed by atoms with Gasteiger partial charge in [-0.3, -0.25) is 4.90 Å². The number of piperidine rings is 1. The second-order valence-corrected chi connectivity index (χ2v) is 7.30. The van der Waals surface area contributed by atoms with Gasteiger partial charge in [-0.15, -0.1) is 0 Å². The summed E-state index contributed by atoms with van der Waals surface area (Å²) in [4.78, 5) is 4.94. The Bertz CT molecular complexity index is 489. The Labute approximate surface area is 138 Å². The van der Waals surface area contributed by atoms with Crippen molar-refractivity contribution in [1.82, 2.24) is 25.1 Å². The van der Waals surface area contributed by atoms with Crippen molar-refractivity contribution in [2.45, 2.75) is 38.6 Å². The highest BCUT2D eigenvalue weighted by atomic mass is 16.5. The molecule has 2 aliphatic heterocycles. The minimum absolute atomic E-state index is 0.788. The standard InChI is InChI=1S/C16H28N6O/c1-2-14(3-1)13-22-16(17-18-19-22)21-6-4-15(5-7-21)12-20-8-10-23-11-9-20/h14-15H,1-13H2. The number of aromatic nitrogens is 4. The Balaban J connectivity index is 1.28. The molecule has 1 aromatic heterocycles. The van der Waals surface area contributed by atoms with Crippen LogP contribution >= 0.6 is 0 Å². The number of rotatable bonds is 5. The third-order valence-corrected chi connectivity index (χ3v) is 5.69. The molecule has 0 unspecified atom stereocenters. The summed E-state index contributed by atoms with van der Waals surface area (Å²) >= 11 is 0. The maximum Gasteiger partial charge on any atom is 0.245 e. The third-order valence-electron chi connectivity index (χ3n) is 5.69. The number of tetrazole rings is 1. The van der Waals surface area contributed by atoms with Crippen molar-refractivity contribution in [3.63, 3.8) is 0 Å². The Kier molecular flexibility index (Phi) is 4.75. The van der Waals surface area contributed by atoms with E-state index >= 15 is 0 Å². The number of ether oxygens (including phenoxy) is 1. The quantitative estimate of drug-likeness (QED) is 0.807. The maximum absolute atomic E-state index is 5.44. The molecule has 0 N–H and O–H groups in total. The minimum Gasteiger partial charge on any atom is -0.379 e. The number of morpholine rings is 1. The van der Waals surface area contributed by atoms with Gasteiger partial charge >= 0.3 is 0 Å². The highest BCUT2D eigenvalue weighted by Gasteiger charge is 2.26. The fourth-order valence-corrected chi connectivity index (χ4v) is 3.93. The Morgan fingerprint density at radius 3 is 2.35 bits per heavy atom. The van der Waals surface area contributed by atoms with Gasteiger partial charge in [0, 0.05) is 39.3 Å². The lowest BCUT2D eigenvalue weighted by molar-refractivity contribution is 0.0288. The van der Waals surface area contributed by atoms with Crippen LogP contribution in [0, 0.1) is 11.8 Å². The zero-order chi connectivity index (χ0) is 15.5. The number of nitrogens with zero attached hydrogens (tertiary/aromatic N) is 6. The predicted octanol–water partition coefficient (Wildman–Crippen LogP) is 1.02. The number of hydrogen-bond donors (Lipinski definition) is 0. The molecular weight excluding hydrogens is 292 g/mol.